The molecule has 0 aliphatic carbocycles. The number of rotatable bonds is 4. The molecular formula is C12H20ClN5O. The third-order valence-electron chi connectivity index (χ3n) is 3.20. The fraction of sp³-hybridized carbons (Fsp3) is 0.750. The topological polar surface area (TPSA) is 54.4 Å². The van der Waals surface area contributed by atoms with E-state index in [2.05, 4.69) is 15.0 Å². The fourth-order valence-electron chi connectivity index (χ4n) is 2.10. The Labute approximate surface area is 118 Å². The number of anilines is 2. The second-order valence-electron chi connectivity index (χ2n) is 5.04. The van der Waals surface area contributed by atoms with E-state index < -0.39 is 0 Å². The van der Waals surface area contributed by atoms with Crippen LogP contribution in [0, 0.1) is 5.92 Å². The lowest BCUT2D eigenvalue weighted by Crippen LogP contribution is -2.31. The van der Waals surface area contributed by atoms with Gasteiger partial charge in [-0.1, -0.05) is 0 Å². The second kappa shape index (κ2) is 6.34. The average Bonchev–Trinajstić information content (AvgIpc) is 2.39. The van der Waals surface area contributed by atoms with Gasteiger partial charge in [0.05, 0.1) is 0 Å². The van der Waals surface area contributed by atoms with E-state index in [-0.39, 0.29) is 5.28 Å². The van der Waals surface area contributed by atoms with Crippen LogP contribution in [0.2, 0.25) is 5.28 Å². The first kappa shape index (κ1) is 14.3. The van der Waals surface area contributed by atoms with E-state index in [1.807, 2.05) is 30.9 Å². The molecule has 1 aliphatic heterocycles. The van der Waals surface area contributed by atoms with Crippen LogP contribution in [0.25, 0.3) is 0 Å². The molecule has 2 rings (SSSR count). The standard InChI is InChI=1S/C12H20ClN5O/c1-17(2)11-14-10(13)15-12(16-11)18(3)8-9-4-6-19-7-5-9/h9H,4-8H2,1-3H3. The Bertz CT molecular complexity index is 423. The molecule has 1 aromatic heterocycles. The van der Waals surface area contributed by atoms with Gasteiger partial charge >= 0.3 is 0 Å². The van der Waals surface area contributed by atoms with Crippen molar-refractivity contribution < 1.29 is 4.74 Å². The van der Waals surface area contributed by atoms with E-state index in [1.54, 1.807) is 0 Å². The minimum Gasteiger partial charge on any atom is -0.381 e. The maximum absolute atomic E-state index is 5.95. The summed E-state index contributed by atoms with van der Waals surface area (Å²) >= 11 is 5.95. The molecule has 2 heterocycles. The molecule has 0 bridgehead atoms. The lowest BCUT2D eigenvalue weighted by Gasteiger charge is -2.27. The van der Waals surface area contributed by atoms with Gasteiger partial charge in [0, 0.05) is 40.9 Å². The minimum atomic E-state index is 0.229. The van der Waals surface area contributed by atoms with Gasteiger partial charge in [0.1, 0.15) is 0 Å². The van der Waals surface area contributed by atoms with Crippen LogP contribution in [-0.2, 0) is 4.74 Å². The molecule has 0 amide bonds. The predicted octanol–water partition coefficient (Wildman–Crippen LogP) is 1.45. The van der Waals surface area contributed by atoms with Crippen LogP contribution in [0.3, 0.4) is 0 Å². The highest BCUT2D eigenvalue weighted by atomic mass is 35.5. The maximum Gasteiger partial charge on any atom is 0.231 e. The summed E-state index contributed by atoms with van der Waals surface area (Å²) in [7, 11) is 5.75. The lowest BCUT2D eigenvalue weighted by molar-refractivity contribution is 0.0684. The molecule has 0 N–H and O–H groups in total. The Balaban J connectivity index is 2.07. The molecule has 6 nitrogen and oxygen atoms in total. The number of halogens is 1. The summed E-state index contributed by atoms with van der Waals surface area (Å²) in [5.41, 5.74) is 0. The Morgan fingerprint density at radius 2 is 1.74 bits per heavy atom. The molecule has 0 radical (unpaired) electrons. The number of nitrogens with zero attached hydrogens (tertiary/aromatic N) is 5. The highest BCUT2D eigenvalue weighted by molar-refractivity contribution is 6.28. The largest absolute Gasteiger partial charge is 0.381 e. The monoisotopic (exact) mass is 285 g/mol. The third-order valence-corrected chi connectivity index (χ3v) is 3.37. The molecule has 0 aromatic carbocycles. The minimum absolute atomic E-state index is 0.229. The molecule has 106 valence electrons. The van der Waals surface area contributed by atoms with Crippen molar-refractivity contribution in [1.29, 1.82) is 0 Å². The Morgan fingerprint density at radius 3 is 2.37 bits per heavy atom. The molecule has 1 saturated heterocycles. The van der Waals surface area contributed by atoms with Gasteiger partial charge in [-0.2, -0.15) is 15.0 Å². The molecule has 0 saturated carbocycles. The van der Waals surface area contributed by atoms with Crippen molar-refractivity contribution in [3.63, 3.8) is 0 Å². The zero-order chi connectivity index (χ0) is 13.8. The van der Waals surface area contributed by atoms with Crippen LogP contribution in [0.1, 0.15) is 12.8 Å². The van der Waals surface area contributed by atoms with Gasteiger partial charge in [0.15, 0.2) is 0 Å². The molecular weight excluding hydrogens is 266 g/mol. The number of hydrogen-bond donors (Lipinski definition) is 0. The highest BCUT2D eigenvalue weighted by Crippen LogP contribution is 2.19. The Morgan fingerprint density at radius 1 is 1.11 bits per heavy atom. The van der Waals surface area contributed by atoms with Crippen LogP contribution < -0.4 is 9.80 Å². The lowest BCUT2D eigenvalue weighted by atomic mass is 10.0. The zero-order valence-electron chi connectivity index (χ0n) is 11.6. The molecule has 0 atom stereocenters. The molecule has 0 unspecified atom stereocenters. The van der Waals surface area contributed by atoms with Gasteiger partial charge in [-0.05, 0) is 30.4 Å². The van der Waals surface area contributed by atoms with Gasteiger partial charge in [-0.15, -0.1) is 0 Å². The molecule has 0 spiro atoms. The van der Waals surface area contributed by atoms with Crippen LogP contribution >= 0.6 is 11.6 Å². The predicted molar refractivity (Wildman–Crippen MR) is 76.0 cm³/mol. The quantitative estimate of drug-likeness (QED) is 0.835. The average molecular weight is 286 g/mol. The van der Waals surface area contributed by atoms with E-state index in [1.165, 1.54) is 0 Å². The molecule has 7 heteroatoms. The summed E-state index contributed by atoms with van der Waals surface area (Å²) < 4.78 is 5.37. The van der Waals surface area contributed by atoms with Crippen LogP contribution in [-0.4, -0.2) is 55.9 Å². The van der Waals surface area contributed by atoms with Crippen molar-refractivity contribution in [1.82, 2.24) is 15.0 Å². The fourth-order valence-corrected chi connectivity index (χ4v) is 2.25. The van der Waals surface area contributed by atoms with E-state index in [9.17, 15) is 0 Å². The summed E-state index contributed by atoms with van der Waals surface area (Å²) in [4.78, 5) is 16.5. The van der Waals surface area contributed by atoms with Crippen molar-refractivity contribution in [2.75, 3.05) is 50.7 Å². The van der Waals surface area contributed by atoms with Crippen LogP contribution in [0.15, 0.2) is 0 Å². The van der Waals surface area contributed by atoms with E-state index >= 15 is 0 Å². The Hall–Kier alpha value is -1.14. The molecule has 19 heavy (non-hydrogen) atoms. The summed E-state index contributed by atoms with van der Waals surface area (Å²) in [6.07, 6.45) is 2.17. The normalized spacial score (nSPS) is 16.4. The summed E-state index contributed by atoms with van der Waals surface area (Å²) in [5.74, 6) is 1.82. The highest BCUT2D eigenvalue weighted by Gasteiger charge is 2.18. The van der Waals surface area contributed by atoms with E-state index in [4.69, 9.17) is 16.3 Å². The van der Waals surface area contributed by atoms with Gasteiger partial charge < -0.3 is 14.5 Å². The smallest absolute Gasteiger partial charge is 0.231 e. The first-order valence-electron chi connectivity index (χ1n) is 6.44. The number of aromatic nitrogens is 3. The van der Waals surface area contributed by atoms with E-state index in [0.29, 0.717) is 17.8 Å². The Kier molecular flexibility index (Phi) is 4.76. The summed E-state index contributed by atoms with van der Waals surface area (Å²) in [5, 5.41) is 0.229. The van der Waals surface area contributed by atoms with Crippen molar-refractivity contribution in [2.24, 2.45) is 5.92 Å². The van der Waals surface area contributed by atoms with Crippen molar-refractivity contribution >= 4 is 23.5 Å². The summed E-state index contributed by atoms with van der Waals surface area (Å²) in [6, 6.07) is 0. The first-order valence-corrected chi connectivity index (χ1v) is 6.82. The second-order valence-corrected chi connectivity index (χ2v) is 5.37. The van der Waals surface area contributed by atoms with Gasteiger partial charge in [0.2, 0.25) is 17.2 Å². The summed E-state index contributed by atoms with van der Waals surface area (Å²) in [6.45, 7) is 2.61. The molecule has 1 fully saturated rings. The van der Waals surface area contributed by atoms with E-state index in [0.717, 1.165) is 32.6 Å². The number of hydrogen-bond acceptors (Lipinski definition) is 6. The van der Waals surface area contributed by atoms with Crippen LogP contribution in [0.4, 0.5) is 11.9 Å². The zero-order valence-corrected chi connectivity index (χ0v) is 12.4. The van der Waals surface area contributed by atoms with Crippen molar-refractivity contribution in [2.45, 2.75) is 12.8 Å². The van der Waals surface area contributed by atoms with Crippen molar-refractivity contribution in [3.05, 3.63) is 5.28 Å². The first-order chi connectivity index (χ1) is 9.06. The van der Waals surface area contributed by atoms with Crippen molar-refractivity contribution in [3.8, 4) is 0 Å². The van der Waals surface area contributed by atoms with Gasteiger partial charge in [-0.3, -0.25) is 0 Å². The SMILES string of the molecule is CN(C)c1nc(Cl)nc(N(C)CC2CCOCC2)n1. The third kappa shape index (κ3) is 3.91. The molecule has 1 aliphatic rings. The van der Waals surface area contributed by atoms with Gasteiger partial charge in [-0.25, -0.2) is 0 Å². The van der Waals surface area contributed by atoms with Gasteiger partial charge in [0.25, 0.3) is 0 Å². The van der Waals surface area contributed by atoms with Crippen LogP contribution in [0.5, 0.6) is 0 Å². The number of ether oxygens (including phenoxy) is 1. The maximum atomic E-state index is 5.95. The molecule has 1 aromatic rings.